The van der Waals surface area contributed by atoms with E-state index in [1.165, 1.54) is 0 Å². The lowest BCUT2D eigenvalue weighted by molar-refractivity contribution is -0.121. The summed E-state index contributed by atoms with van der Waals surface area (Å²) in [6, 6.07) is 6.02. The summed E-state index contributed by atoms with van der Waals surface area (Å²) in [5.41, 5.74) is 0.433. The van der Waals surface area contributed by atoms with Gasteiger partial charge < -0.3 is 15.7 Å². The van der Waals surface area contributed by atoms with E-state index in [0.29, 0.717) is 10.6 Å². The molecule has 0 saturated carbocycles. The van der Waals surface area contributed by atoms with Crippen LogP contribution in [-0.4, -0.2) is 36.1 Å². The molecule has 1 unspecified atom stereocenters. The number of hydrogen-bond donors (Lipinski definition) is 3. The summed E-state index contributed by atoms with van der Waals surface area (Å²) in [6.45, 7) is 1.39. The Morgan fingerprint density at radius 3 is 2.50 bits per heavy atom. The number of carbonyl (C=O) groups excluding carboxylic acids is 2. The number of nitrogens with one attached hydrogen (secondary N) is 2. The number of aliphatic hydroxyl groups excluding tert-OH is 1. The zero-order valence-electron chi connectivity index (χ0n) is 9.94. The molecule has 6 heteroatoms. The highest BCUT2D eigenvalue weighted by Crippen LogP contribution is 2.09. The maximum atomic E-state index is 11.6. The smallest absolute Gasteiger partial charge is 0.251 e. The van der Waals surface area contributed by atoms with Crippen molar-refractivity contribution >= 4 is 23.4 Å². The normalized spacial score (nSPS) is 11.7. The second-order valence-corrected chi connectivity index (χ2v) is 4.28. The third-order valence-corrected chi connectivity index (χ3v) is 2.45. The summed E-state index contributed by atoms with van der Waals surface area (Å²) in [5, 5.41) is 14.3. The monoisotopic (exact) mass is 270 g/mol. The fraction of sp³-hybridized carbons (Fsp3) is 0.333. The predicted molar refractivity (Wildman–Crippen MR) is 68.5 cm³/mol. The molecule has 98 valence electrons. The molecule has 0 aliphatic heterocycles. The van der Waals surface area contributed by atoms with Crippen molar-refractivity contribution in [1.29, 1.82) is 0 Å². The predicted octanol–water partition coefficient (Wildman–Crippen LogP) is 0.567. The summed E-state index contributed by atoms with van der Waals surface area (Å²) in [4.78, 5) is 23.0. The third-order valence-electron chi connectivity index (χ3n) is 2.20. The Morgan fingerprint density at radius 1 is 1.33 bits per heavy atom. The Morgan fingerprint density at radius 2 is 1.94 bits per heavy atom. The molecule has 0 heterocycles. The molecule has 0 aliphatic carbocycles. The number of benzene rings is 1. The van der Waals surface area contributed by atoms with Crippen molar-refractivity contribution in [2.45, 2.75) is 13.0 Å². The highest BCUT2D eigenvalue weighted by Gasteiger charge is 2.09. The van der Waals surface area contributed by atoms with Gasteiger partial charge in [-0.15, -0.1) is 0 Å². The lowest BCUT2D eigenvalue weighted by Crippen LogP contribution is -2.42. The molecule has 5 nitrogen and oxygen atoms in total. The first kappa shape index (κ1) is 14.5. The first-order chi connectivity index (χ1) is 8.52. The van der Waals surface area contributed by atoms with Gasteiger partial charge in [-0.2, -0.15) is 0 Å². The van der Waals surface area contributed by atoms with Gasteiger partial charge in [-0.3, -0.25) is 9.59 Å². The number of halogens is 1. The third kappa shape index (κ3) is 4.73. The van der Waals surface area contributed by atoms with Gasteiger partial charge >= 0.3 is 0 Å². The van der Waals surface area contributed by atoms with Gasteiger partial charge in [0.1, 0.15) is 0 Å². The second kappa shape index (κ2) is 6.98. The van der Waals surface area contributed by atoms with Crippen LogP contribution in [0.25, 0.3) is 0 Å². The molecule has 1 aromatic rings. The van der Waals surface area contributed by atoms with Crippen LogP contribution in [0.1, 0.15) is 17.3 Å². The Balaban J connectivity index is 2.41. The Bertz CT molecular complexity index is 420. The molecule has 1 atom stereocenters. The highest BCUT2D eigenvalue weighted by molar-refractivity contribution is 6.30. The van der Waals surface area contributed by atoms with E-state index in [4.69, 9.17) is 16.7 Å². The van der Waals surface area contributed by atoms with Crippen molar-refractivity contribution in [2.24, 2.45) is 0 Å². The minimum absolute atomic E-state index is 0.133. The molecule has 0 aromatic heterocycles. The van der Waals surface area contributed by atoms with Crippen LogP contribution in [0.5, 0.6) is 0 Å². The molecule has 2 amide bonds. The van der Waals surface area contributed by atoms with Gasteiger partial charge in [0, 0.05) is 16.6 Å². The van der Waals surface area contributed by atoms with E-state index in [1.807, 2.05) is 0 Å². The fourth-order valence-electron chi connectivity index (χ4n) is 1.24. The van der Waals surface area contributed by atoms with Crippen LogP contribution in [0.3, 0.4) is 0 Å². The van der Waals surface area contributed by atoms with E-state index in [1.54, 1.807) is 31.2 Å². The van der Waals surface area contributed by atoms with Crippen LogP contribution in [0.15, 0.2) is 24.3 Å². The summed E-state index contributed by atoms with van der Waals surface area (Å²) >= 11 is 5.70. The lowest BCUT2D eigenvalue weighted by Gasteiger charge is -2.11. The molecule has 0 radical (unpaired) electrons. The number of rotatable bonds is 5. The number of hydrogen-bond acceptors (Lipinski definition) is 3. The van der Waals surface area contributed by atoms with Crippen LogP contribution < -0.4 is 10.6 Å². The van der Waals surface area contributed by atoms with Crippen molar-refractivity contribution in [3.05, 3.63) is 34.9 Å². The van der Waals surface area contributed by atoms with Crippen LogP contribution in [0, 0.1) is 0 Å². The zero-order valence-corrected chi connectivity index (χ0v) is 10.7. The number of amides is 2. The maximum Gasteiger partial charge on any atom is 0.251 e. The van der Waals surface area contributed by atoms with E-state index in [9.17, 15) is 9.59 Å². The van der Waals surface area contributed by atoms with Gasteiger partial charge in [-0.25, -0.2) is 0 Å². The highest BCUT2D eigenvalue weighted by atomic mass is 35.5. The zero-order chi connectivity index (χ0) is 13.5. The van der Waals surface area contributed by atoms with E-state index in [-0.39, 0.29) is 31.0 Å². The van der Waals surface area contributed by atoms with Gasteiger partial charge in [-0.05, 0) is 31.2 Å². The fourth-order valence-corrected chi connectivity index (χ4v) is 1.36. The summed E-state index contributed by atoms with van der Waals surface area (Å²) < 4.78 is 0. The molecule has 3 N–H and O–H groups in total. The molecule has 0 fully saturated rings. The Labute approximate surface area is 110 Å². The molecule has 0 saturated heterocycles. The first-order valence-electron chi connectivity index (χ1n) is 5.47. The molecule has 1 aromatic carbocycles. The SMILES string of the molecule is CC(CO)NC(=O)CNC(=O)c1ccc(Cl)cc1. The molecule has 0 bridgehead atoms. The van der Waals surface area contributed by atoms with Crippen molar-refractivity contribution in [1.82, 2.24) is 10.6 Å². The minimum atomic E-state index is -0.349. The average Bonchev–Trinajstić information content (AvgIpc) is 2.36. The summed E-state index contributed by atoms with van der Waals surface area (Å²) in [6.07, 6.45) is 0. The lowest BCUT2D eigenvalue weighted by atomic mass is 10.2. The molecule has 0 aliphatic rings. The number of aliphatic hydroxyl groups is 1. The van der Waals surface area contributed by atoms with Gasteiger partial charge in [-0.1, -0.05) is 11.6 Å². The van der Waals surface area contributed by atoms with Crippen LogP contribution in [0.2, 0.25) is 5.02 Å². The standard InChI is InChI=1S/C12H15ClN2O3/c1-8(7-16)15-11(17)6-14-12(18)9-2-4-10(13)5-3-9/h2-5,8,16H,6-7H2,1H3,(H,14,18)(H,15,17). The molecule has 1 rings (SSSR count). The van der Waals surface area contributed by atoms with Gasteiger partial charge in [0.2, 0.25) is 5.91 Å². The second-order valence-electron chi connectivity index (χ2n) is 3.84. The largest absolute Gasteiger partial charge is 0.394 e. The van der Waals surface area contributed by atoms with E-state index in [2.05, 4.69) is 10.6 Å². The molecule has 18 heavy (non-hydrogen) atoms. The van der Waals surface area contributed by atoms with E-state index >= 15 is 0 Å². The summed E-state index contributed by atoms with van der Waals surface area (Å²) in [7, 11) is 0. The maximum absolute atomic E-state index is 11.6. The van der Waals surface area contributed by atoms with Crippen molar-refractivity contribution in [2.75, 3.05) is 13.2 Å². The summed E-state index contributed by atoms with van der Waals surface area (Å²) in [5.74, 6) is -0.697. The van der Waals surface area contributed by atoms with Crippen LogP contribution in [0.4, 0.5) is 0 Å². The van der Waals surface area contributed by atoms with Crippen LogP contribution >= 0.6 is 11.6 Å². The van der Waals surface area contributed by atoms with E-state index < -0.39 is 0 Å². The quantitative estimate of drug-likeness (QED) is 0.732. The minimum Gasteiger partial charge on any atom is -0.394 e. The van der Waals surface area contributed by atoms with Crippen molar-refractivity contribution in [3.8, 4) is 0 Å². The molecular formula is C12H15ClN2O3. The van der Waals surface area contributed by atoms with Gasteiger partial charge in [0.15, 0.2) is 0 Å². The van der Waals surface area contributed by atoms with Crippen LogP contribution in [-0.2, 0) is 4.79 Å². The van der Waals surface area contributed by atoms with E-state index in [0.717, 1.165) is 0 Å². The molecular weight excluding hydrogens is 256 g/mol. The number of carbonyl (C=O) groups is 2. The Kier molecular flexibility index (Phi) is 5.61. The van der Waals surface area contributed by atoms with Crippen molar-refractivity contribution < 1.29 is 14.7 Å². The molecule has 0 spiro atoms. The first-order valence-corrected chi connectivity index (χ1v) is 5.84. The average molecular weight is 271 g/mol. The van der Waals surface area contributed by atoms with Gasteiger partial charge in [0.25, 0.3) is 5.91 Å². The Hall–Kier alpha value is -1.59. The van der Waals surface area contributed by atoms with Crippen molar-refractivity contribution in [3.63, 3.8) is 0 Å². The topological polar surface area (TPSA) is 78.4 Å². The van der Waals surface area contributed by atoms with Gasteiger partial charge in [0.05, 0.1) is 13.2 Å².